The van der Waals surface area contributed by atoms with Crippen molar-refractivity contribution < 1.29 is 8.42 Å². The number of hydrogen-bond acceptors (Lipinski definition) is 6. The SMILES string of the molecule is Cc1cnccc1CN1CCC(c2nc3c(c(=O)[nH]2)CN(S(=O)(=O)N(C)C)CC3)CC1. The Morgan fingerprint density at radius 1 is 1.23 bits per heavy atom. The Balaban J connectivity index is 1.44. The fourth-order valence-electron chi connectivity index (χ4n) is 4.33. The number of nitrogens with zero attached hydrogens (tertiary/aromatic N) is 5. The molecule has 0 radical (unpaired) electrons. The van der Waals surface area contributed by atoms with Crippen molar-refractivity contribution in [1.82, 2.24) is 28.5 Å². The molecule has 10 heteroatoms. The molecule has 2 aliphatic rings. The number of fused-ring (bicyclic) bond motifs is 1. The van der Waals surface area contributed by atoms with E-state index in [0.29, 0.717) is 18.5 Å². The Hall–Kier alpha value is -2.14. The van der Waals surface area contributed by atoms with Crippen LogP contribution < -0.4 is 5.56 Å². The van der Waals surface area contributed by atoms with Crippen LogP contribution in [0.2, 0.25) is 0 Å². The predicted octanol–water partition coefficient (Wildman–Crippen LogP) is 1.02. The summed E-state index contributed by atoms with van der Waals surface area (Å²) in [5, 5.41) is 0. The molecule has 2 aromatic heterocycles. The summed E-state index contributed by atoms with van der Waals surface area (Å²) in [4.78, 5) is 27.1. The number of aryl methyl sites for hydroxylation is 1. The molecular weight excluding hydrogens is 416 g/mol. The smallest absolute Gasteiger partial charge is 0.281 e. The first-order valence-electron chi connectivity index (χ1n) is 10.7. The second-order valence-corrected chi connectivity index (χ2v) is 10.7. The Kier molecular flexibility index (Phi) is 6.25. The lowest BCUT2D eigenvalue weighted by Crippen LogP contribution is -2.45. The van der Waals surface area contributed by atoms with Gasteiger partial charge in [-0.3, -0.25) is 14.7 Å². The van der Waals surface area contributed by atoms with E-state index in [9.17, 15) is 13.2 Å². The first-order chi connectivity index (χ1) is 14.8. The van der Waals surface area contributed by atoms with Gasteiger partial charge >= 0.3 is 0 Å². The number of pyridine rings is 1. The molecule has 4 rings (SSSR count). The van der Waals surface area contributed by atoms with E-state index >= 15 is 0 Å². The lowest BCUT2D eigenvalue weighted by Gasteiger charge is -2.33. The van der Waals surface area contributed by atoms with E-state index in [4.69, 9.17) is 4.98 Å². The van der Waals surface area contributed by atoms with Crippen LogP contribution >= 0.6 is 0 Å². The van der Waals surface area contributed by atoms with Crippen LogP contribution in [0.1, 0.15) is 47.0 Å². The monoisotopic (exact) mass is 446 g/mol. The Bertz CT molecular complexity index is 1110. The molecule has 0 bridgehead atoms. The van der Waals surface area contributed by atoms with Crippen molar-refractivity contribution in [2.45, 2.75) is 45.2 Å². The summed E-state index contributed by atoms with van der Waals surface area (Å²) in [5.41, 5.74) is 3.49. The van der Waals surface area contributed by atoms with Crippen LogP contribution in [0.3, 0.4) is 0 Å². The molecule has 1 N–H and O–H groups in total. The van der Waals surface area contributed by atoms with Crippen LogP contribution in [0, 0.1) is 6.92 Å². The standard InChI is InChI=1S/C21H30N6O3S/c1-15-12-22-8-4-17(15)13-26-9-5-16(6-10-26)20-23-19-7-11-27(31(29,30)25(2)3)14-18(19)21(28)24-20/h4,8,12,16H,5-7,9-11,13-14H2,1-3H3,(H,23,24,28). The van der Waals surface area contributed by atoms with E-state index in [1.54, 1.807) is 0 Å². The minimum Gasteiger partial charge on any atom is -0.310 e. The zero-order valence-corrected chi connectivity index (χ0v) is 19.2. The minimum absolute atomic E-state index is 0.0716. The third-order valence-electron chi connectivity index (χ3n) is 6.34. The highest BCUT2D eigenvalue weighted by Crippen LogP contribution is 2.27. The number of likely N-dealkylation sites (tertiary alicyclic amines) is 1. The van der Waals surface area contributed by atoms with Crippen LogP contribution in [0.5, 0.6) is 0 Å². The zero-order valence-electron chi connectivity index (χ0n) is 18.3. The van der Waals surface area contributed by atoms with Crippen molar-refractivity contribution in [2.75, 3.05) is 33.7 Å². The molecule has 0 amide bonds. The summed E-state index contributed by atoms with van der Waals surface area (Å²) in [6.07, 6.45) is 6.07. The number of hydrogen-bond donors (Lipinski definition) is 1. The van der Waals surface area contributed by atoms with Gasteiger partial charge < -0.3 is 4.98 Å². The van der Waals surface area contributed by atoms with Gasteiger partial charge in [-0.15, -0.1) is 0 Å². The van der Waals surface area contributed by atoms with E-state index in [2.05, 4.69) is 27.9 Å². The third-order valence-corrected chi connectivity index (χ3v) is 8.23. The number of aromatic nitrogens is 3. The number of nitrogens with one attached hydrogen (secondary N) is 1. The summed E-state index contributed by atoms with van der Waals surface area (Å²) < 4.78 is 27.3. The van der Waals surface area contributed by atoms with Gasteiger partial charge in [0.25, 0.3) is 15.8 Å². The van der Waals surface area contributed by atoms with Gasteiger partial charge in [0.05, 0.1) is 11.3 Å². The topological polar surface area (TPSA) is 102 Å². The van der Waals surface area contributed by atoms with Crippen LogP contribution in [0.4, 0.5) is 0 Å². The predicted molar refractivity (Wildman–Crippen MR) is 118 cm³/mol. The van der Waals surface area contributed by atoms with Crippen molar-refractivity contribution in [1.29, 1.82) is 0 Å². The molecule has 0 saturated carbocycles. The van der Waals surface area contributed by atoms with Crippen molar-refractivity contribution in [3.63, 3.8) is 0 Å². The molecule has 0 aliphatic carbocycles. The summed E-state index contributed by atoms with van der Waals surface area (Å²) in [5.74, 6) is 0.962. The first-order valence-corrected chi connectivity index (χ1v) is 12.1. The highest BCUT2D eigenvalue weighted by Gasteiger charge is 2.32. The number of H-pyrrole nitrogens is 1. The van der Waals surface area contributed by atoms with Crippen LogP contribution in [0.25, 0.3) is 0 Å². The maximum atomic E-state index is 12.8. The van der Waals surface area contributed by atoms with Gasteiger partial charge in [0, 0.05) is 58.5 Å². The molecule has 4 heterocycles. The zero-order chi connectivity index (χ0) is 22.2. The number of aromatic amines is 1. The van der Waals surface area contributed by atoms with E-state index in [0.717, 1.165) is 44.0 Å². The van der Waals surface area contributed by atoms with Crippen LogP contribution in [-0.2, 0) is 29.7 Å². The summed E-state index contributed by atoms with van der Waals surface area (Å²) in [6.45, 7) is 5.30. The van der Waals surface area contributed by atoms with Crippen LogP contribution in [-0.4, -0.2) is 70.6 Å². The fourth-order valence-corrected chi connectivity index (χ4v) is 5.40. The highest BCUT2D eigenvalue weighted by molar-refractivity contribution is 7.86. The molecule has 0 spiro atoms. The lowest BCUT2D eigenvalue weighted by atomic mass is 9.95. The maximum absolute atomic E-state index is 12.8. The third kappa shape index (κ3) is 4.57. The van der Waals surface area contributed by atoms with E-state index in [1.165, 1.54) is 33.8 Å². The van der Waals surface area contributed by atoms with Gasteiger partial charge in [0.15, 0.2) is 0 Å². The Morgan fingerprint density at radius 2 is 1.97 bits per heavy atom. The molecule has 0 atom stereocenters. The molecule has 1 saturated heterocycles. The summed E-state index contributed by atoms with van der Waals surface area (Å²) in [7, 11) is -0.551. The molecular formula is C21H30N6O3S. The number of rotatable bonds is 5. The summed E-state index contributed by atoms with van der Waals surface area (Å²) in [6, 6.07) is 2.07. The second kappa shape index (κ2) is 8.78. The minimum atomic E-state index is -3.55. The molecule has 2 aromatic rings. The molecule has 2 aliphatic heterocycles. The van der Waals surface area contributed by atoms with E-state index in [-0.39, 0.29) is 18.0 Å². The summed E-state index contributed by atoms with van der Waals surface area (Å²) >= 11 is 0. The average Bonchev–Trinajstić information content (AvgIpc) is 2.75. The average molecular weight is 447 g/mol. The largest absolute Gasteiger partial charge is 0.310 e. The first kappa shape index (κ1) is 22.1. The Morgan fingerprint density at radius 3 is 2.65 bits per heavy atom. The quantitative estimate of drug-likeness (QED) is 0.736. The molecule has 0 unspecified atom stereocenters. The van der Waals surface area contributed by atoms with Crippen molar-refractivity contribution >= 4 is 10.2 Å². The molecule has 9 nitrogen and oxygen atoms in total. The molecule has 31 heavy (non-hydrogen) atoms. The van der Waals surface area contributed by atoms with Gasteiger partial charge in [0.2, 0.25) is 0 Å². The number of piperidine rings is 1. The van der Waals surface area contributed by atoms with E-state index in [1.807, 2.05) is 12.4 Å². The highest BCUT2D eigenvalue weighted by atomic mass is 32.2. The van der Waals surface area contributed by atoms with Gasteiger partial charge in [-0.25, -0.2) is 4.98 Å². The Labute approximate surface area is 183 Å². The van der Waals surface area contributed by atoms with E-state index < -0.39 is 10.2 Å². The second-order valence-electron chi connectivity index (χ2n) is 8.60. The van der Waals surface area contributed by atoms with Crippen molar-refractivity contribution in [2.24, 2.45) is 0 Å². The van der Waals surface area contributed by atoms with Crippen molar-refractivity contribution in [3.8, 4) is 0 Å². The molecule has 168 valence electrons. The maximum Gasteiger partial charge on any atom is 0.281 e. The lowest BCUT2D eigenvalue weighted by molar-refractivity contribution is 0.201. The fraction of sp³-hybridized carbons (Fsp3) is 0.571. The molecule has 0 aromatic carbocycles. The van der Waals surface area contributed by atoms with Gasteiger partial charge in [-0.05, 0) is 50.0 Å². The van der Waals surface area contributed by atoms with Crippen LogP contribution in [0.15, 0.2) is 23.3 Å². The molecule has 1 fully saturated rings. The normalized spacial score (nSPS) is 19.0. The van der Waals surface area contributed by atoms with Gasteiger partial charge in [-0.1, -0.05) is 0 Å². The van der Waals surface area contributed by atoms with Crippen molar-refractivity contribution in [3.05, 3.63) is 57.0 Å². The van der Waals surface area contributed by atoms with Gasteiger partial charge in [-0.2, -0.15) is 17.0 Å². The van der Waals surface area contributed by atoms with Gasteiger partial charge in [0.1, 0.15) is 5.82 Å².